The van der Waals surface area contributed by atoms with Crippen LogP contribution in [0.25, 0.3) is 0 Å². The normalized spacial score (nSPS) is 17.7. The van der Waals surface area contributed by atoms with Crippen molar-refractivity contribution >= 4 is 53.1 Å². The molecule has 0 aromatic heterocycles. The first kappa shape index (κ1) is 20.8. The summed E-state index contributed by atoms with van der Waals surface area (Å²) in [6.45, 7) is 3.40. The molecule has 2 rings (SSSR count). The van der Waals surface area contributed by atoms with E-state index in [9.17, 15) is 0 Å². The molecule has 1 N–H and O–H groups in total. The third-order valence-corrected chi connectivity index (χ3v) is 4.56. The summed E-state index contributed by atoms with van der Waals surface area (Å²) in [6, 6.07) is 5.59. The van der Waals surface area contributed by atoms with Crippen molar-refractivity contribution in [3.63, 3.8) is 0 Å². The lowest BCUT2D eigenvalue weighted by molar-refractivity contribution is 0.181. The van der Waals surface area contributed by atoms with Crippen LogP contribution in [0.4, 0.5) is 0 Å². The van der Waals surface area contributed by atoms with Gasteiger partial charge in [-0.1, -0.05) is 29.3 Å². The molecule has 23 heavy (non-hydrogen) atoms. The third kappa shape index (κ3) is 6.29. The highest BCUT2D eigenvalue weighted by Gasteiger charge is 2.19. The average molecular weight is 472 g/mol. The minimum Gasteiger partial charge on any atom is -0.381 e. The molecule has 0 spiro atoms. The maximum absolute atomic E-state index is 6.19. The molecule has 1 aliphatic rings. The number of ether oxygens (including phenoxy) is 1. The SMILES string of the molecule is CN=C(NCCc1c(Cl)cccc1Cl)N(C)CC1CCOC1.I. The Labute approximate surface area is 165 Å². The van der Waals surface area contributed by atoms with Gasteiger partial charge in [-0.15, -0.1) is 24.0 Å². The van der Waals surface area contributed by atoms with Gasteiger partial charge in [0.05, 0.1) is 6.61 Å². The van der Waals surface area contributed by atoms with Crippen LogP contribution in [0.3, 0.4) is 0 Å². The molecule has 1 aliphatic heterocycles. The van der Waals surface area contributed by atoms with Crippen molar-refractivity contribution < 1.29 is 4.74 Å². The molecular formula is C16H24Cl2IN3O. The molecule has 0 radical (unpaired) electrons. The second kappa shape index (κ2) is 10.6. The van der Waals surface area contributed by atoms with Gasteiger partial charge in [0.1, 0.15) is 0 Å². The fourth-order valence-corrected chi connectivity index (χ4v) is 3.24. The van der Waals surface area contributed by atoms with Crippen LogP contribution in [0.1, 0.15) is 12.0 Å². The predicted molar refractivity (Wildman–Crippen MR) is 108 cm³/mol. The van der Waals surface area contributed by atoms with Crippen LogP contribution in [0.15, 0.2) is 23.2 Å². The van der Waals surface area contributed by atoms with Crippen LogP contribution in [0.5, 0.6) is 0 Å². The molecule has 4 nitrogen and oxygen atoms in total. The van der Waals surface area contributed by atoms with E-state index in [4.69, 9.17) is 27.9 Å². The van der Waals surface area contributed by atoms with E-state index in [1.54, 1.807) is 7.05 Å². The highest BCUT2D eigenvalue weighted by atomic mass is 127. The Kier molecular flexibility index (Phi) is 9.58. The van der Waals surface area contributed by atoms with Crippen LogP contribution in [-0.4, -0.2) is 51.3 Å². The van der Waals surface area contributed by atoms with Crippen molar-refractivity contribution in [2.45, 2.75) is 12.8 Å². The lowest BCUT2D eigenvalue weighted by Gasteiger charge is -2.24. The Morgan fingerprint density at radius 3 is 2.65 bits per heavy atom. The van der Waals surface area contributed by atoms with E-state index in [-0.39, 0.29) is 24.0 Å². The van der Waals surface area contributed by atoms with Crippen LogP contribution < -0.4 is 5.32 Å². The molecule has 1 saturated heterocycles. The summed E-state index contributed by atoms with van der Waals surface area (Å²) in [4.78, 5) is 6.48. The van der Waals surface area contributed by atoms with Gasteiger partial charge in [-0.3, -0.25) is 4.99 Å². The number of hydrogen-bond donors (Lipinski definition) is 1. The van der Waals surface area contributed by atoms with E-state index < -0.39 is 0 Å². The monoisotopic (exact) mass is 471 g/mol. The average Bonchev–Trinajstić information content (AvgIpc) is 2.99. The maximum atomic E-state index is 6.19. The zero-order chi connectivity index (χ0) is 15.9. The molecule has 1 heterocycles. The summed E-state index contributed by atoms with van der Waals surface area (Å²) in [7, 11) is 3.85. The van der Waals surface area contributed by atoms with Gasteiger partial charge >= 0.3 is 0 Å². The summed E-state index contributed by atoms with van der Waals surface area (Å²) in [6.07, 6.45) is 1.88. The third-order valence-electron chi connectivity index (χ3n) is 3.85. The minimum absolute atomic E-state index is 0. The zero-order valence-electron chi connectivity index (χ0n) is 13.5. The van der Waals surface area contributed by atoms with Gasteiger partial charge in [0, 0.05) is 49.8 Å². The van der Waals surface area contributed by atoms with Gasteiger partial charge in [-0.2, -0.15) is 0 Å². The molecule has 0 saturated carbocycles. The van der Waals surface area contributed by atoms with Crippen molar-refractivity contribution in [2.24, 2.45) is 10.9 Å². The van der Waals surface area contributed by atoms with Crippen molar-refractivity contribution in [1.29, 1.82) is 0 Å². The number of rotatable bonds is 5. The van der Waals surface area contributed by atoms with Crippen LogP contribution in [0, 0.1) is 5.92 Å². The molecular weight excluding hydrogens is 448 g/mol. The first-order valence-electron chi connectivity index (χ1n) is 7.54. The Morgan fingerprint density at radius 2 is 2.09 bits per heavy atom. The lowest BCUT2D eigenvalue weighted by Crippen LogP contribution is -2.42. The van der Waals surface area contributed by atoms with Gasteiger partial charge in [0.15, 0.2) is 5.96 Å². The highest BCUT2D eigenvalue weighted by Crippen LogP contribution is 2.24. The standard InChI is InChI=1S/C16H23Cl2N3O.HI/c1-19-16(21(2)10-12-7-9-22-11-12)20-8-6-13-14(17)4-3-5-15(13)18;/h3-5,12H,6-11H2,1-2H3,(H,19,20);1H. The van der Waals surface area contributed by atoms with Crippen molar-refractivity contribution in [2.75, 3.05) is 40.4 Å². The van der Waals surface area contributed by atoms with Crippen molar-refractivity contribution in [3.05, 3.63) is 33.8 Å². The Balaban J connectivity index is 0.00000264. The summed E-state index contributed by atoms with van der Waals surface area (Å²) in [5.74, 6) is 1.47. The molecule has 1 aromatic carbocycles. The number of aliphatic imine (C=N–C) groups is 1. The summed E-state index contributed by atoms with van der Waals surface area (Å²) in [5.41, 5.74) is 0.973. The molecule has 0 bridgehead atoms. The molecule has 0 amide bonds. The molecule has 1 fully saturated rings. The molecule has 1 atom stereocenters. The van der Waals surface area contributed by atoms with Crippen LogP contribution in [-0.2, 0) is 11.2 Å². The number of nitrogens with zero attached hydrogens (tertiary/aromatic N) is 2. The number of hydrogen-bond acceptors (Lipinski definition) is 2. The molecule has 7 heteroatoms. The summed E-state index contributed by atoms with van der Waals surface area (Å²) in [5, 5.41) is 4.78. The Hall–Kier alpha value is -0.240. The number of nitrogens with one attached hydrogen (secondary N) is 1. The largest absolute Gasteiger partial charge is 0.381 e. The second-order valence-electron chi connectivity index (χ2n) is 5.53. The van der Waals surface area contributed by atoms with E-state index >= 15 is 0 Å². The van der Waals surface area contributed by atoms with E-state index in [0.29, 0.717) is 16.0 Å². The smallest absolute Gasteiger partial charge is 0.193 e. The number of halogens is 3. The highest BCUT2D eigenvalue weighted by molar-refractivity contribution is 14.0. The molecule has 0 aliphatic carbocycles. The van der Waals surface area contributed by atoms with E-state index in [1.807, 2.05) is 18.2 Å². The van der Waals surface area contributed by atoms with Gasteiger partial charge in [0.2, 0.25) is 0 Å². The number of benzene rings is 1. The molecule has 1 aromatic rings. The van der Waals surface area contributed by atoms with Gasteiger partial charge < -0.3 is 15.0 Å². The second-order valence-corrected chi connectivity index (χ2v) is 6.35. The van der Waals surface area contributed by atoms with Gasteiger partial charge in [-0.25, -0.2) is 0 Å². The summed E-state index contributed by atoms with van der Waals surface area (Å²) >= 11 is 12.4. The first-order chi connectivity index (χ1) is 10.6. The Bertz CT molecular complexity index is 502. The summed E-state index contributed by atoms with van der Waals surface area (Å²) < 4.78 is 5.42. The first-order valence-corrected chi connectivity index (χ1v) is 8.29. The quantitative estimate of drug-likeness (QED) is 0.404. The van der Waals surface area contributed by atoms with E-state index in [2.05, 4.69) is 22.3 Å². The molecule has 130 valence electrons. The van der Waals surface area contributed by atoms with Crippen molar-refractivity contribution in [1.82, 2.24) is 10.2 Å². The van der Waals surface area contributed by atoms with Gasteiger partial charge in [0.25, 0.3) is 0 Å². The zero-order valence-corrected chi connectivity index (χ0v) is 17.4. The van der Waals surface area contributed by atoms with E-state index in [1.165, 1.54) is 0 Å². The van der Waals surface area contributed by atoms with Crippen molar-refractivity contribution in [3.8, 4) is 0 Å². The van der Waals surface area contributed by atoms with Crippen LogP contribution >= 0.6 is 47.2 Å². The fraction of sp³-hybridized carbons (Fsp3) is 0.562. The maximum Gasteiger partial charge on any atom is 0.193 e. The van der Waals surface area contributed by atoms with Gasteiger partial charge in [-0.05, 0) is 30.5 Å². The van der Waals surface area contributed by atoms with Crippen LogP contribution in [0.2, 0.25) is 10.0 Å². The molecule has 1 unspecified atom stereocenters. The predicted octanol–water partition coefficient (Wildman–Crippen LogP) is 3.70. The topological polar surface area (TPSA) is 36.9 Å². The lowest BCUT2D eigenvalue weighted by atomic mass is 10.1. The van der Waals surface area contributed by atoms with E-state index in [0.717, 1.165) is 50.7 Å². The minimum atomic E-state index is 0. The number of guanidine groups is 1. The fourth-order valence-electron chi connectivity index (χ4n) is 2.66. The Morgan fingerprint density at radius 1 is 1.39 bits per heavy atom.